The van der Waals surface area contributed by atoms with Crippen molar-refractivity contribution in [2.24, 2.45) is 28.6 Å². The third-order valence-electron chi connectivity index (χ3n) is 8.12. The van der Waals surface area contributed by atoms with Gasteiger partial charge >= 0.3 is 11.9 Å². The molecule has 4 fully saturated rings. The number of aliphatic carboxylic acids is 1. The minimum Gasteiger partial charge on any atom is -0.481 e. The molecular weight excluding hydrogens is 324 g/mol. The van der Waals surface area contributed by atoms with Crippen LogP contribution in [0.25, 0.3) is 0 Å². The normalized spacial score (nSPS) is 58.0. The molecule has 8 atom stereocenters. The van der Waals surface area contributed by atoms with Gasteiger partial charge in [0.15, 0.2) is 0 Å². The molecule has 0 aromatic carbocycles. The van der Waals surface area contributed by atoms with E-state index in [1.807, 2.05) is 0 Å². The van der Waals surface area contributed by atoms with E-state index < -0.39 is 51.9 Å². The van der Waals surface area contributed by atoms with E-state index in [-0.39, 0.29) is 5.92 Å². The fourth-order valence-electron chi connectivity index (χ4n) is 7.13. The van der Waals surface area contributed by atoms with Crippen LogP contribution < -0.4 is 0 Å². The molecule has 0 radical (unpaired) electrons. The van der Waals surface area contributed by atoms with Crippen molar-refractivity contribution in [3.8, 4) is 0 Å². The third-order valence-corrected chi connectivity index (χ3v) is 8.12. The highest BCUT2D eigenvalue weighted by Gasteiger charge is 2.83. The van der Waals surface area contributed by atoms with E-state index in [2.05, 4.69) is 6.58 Å². The van der Waals surface area contributed by atoms with Gasteiger partial charge in [-0.15, -0.1) is 0 Å². The second-order valence-electron chi connectivity index (χ2n) is 8.94. The van der Waals surface area contributed by atoms with E-state index in [1.54, 1.807) is 19.1 Å². The molecule has 0 aromatic rings. The fraction of sp³-hybridized carbons (Fsp3) is 0.684. The van der Waals surface area contributed by atoms with Crippen LogP contribution in [-0.2, 0) is 14.3 Å². The van der Waals surface area contributed by atoms with Gasteiger partial charge in [0.1, 0.15) is 11.0 Å². The average Bonchev–Trinajstić information content (AvgIpc) is 2.95. The molecule has 1 saturated heterocycles. The van der Waals surface area contributed by atoms with Crippen molar-refractivity contribution in [3.05, 3.63) is 24.3 Å². The van der Waals surface area contributed by atoms with Gasteiger partial charge in [0, 0.05) is 11.8 Å². The predicted molar refractivity (Wildman–Crippen MR) is 85.2 cm³/mol. The lowest BCUT2D eigenvalue weighted by Gasteiger charge is -2.44. The van der Waals surface area contributed by atoms with Crippen LogP contribution in [0.4, 0.5) is 0 Å². The highest BCUT2D eigenvalue weighted by Crippen LogP contribution is 2.77. The number of aliphatic hydroxyl groups excluding tert-OH is 1. The van der Waals surface area contributed by atoms with Crippen LogP contribution in [0.1, 0.15) is 32.6 Å². The van der Waals surface area contributed by atoms with Gasteiger partial charge in [-0.2, -0.15) is 0 Å². The van der Waals surface area contributed by atoms with Crippen LogP contribution >= 0.6 is 0 Å². The molecule has 0 aromatic heterocycles. The first-order valence-electron chi connectivity index (χ1n) is 8.86. The molecule has 6 nitrogen and oxygen atoms in total. The molecule has 1 aliphatic heterocycles. The number of hydrogen-bond acceptors (Lipinski definition) is 5. The number of ether oxygens (including phenoxy) is 1. The maximum absolute atomic E-state index is 12.7. The minimum absolute atomic E-state index is 0.180. The smallest absolute Gasteiger partial charge is 0.316 e. The zero-order valence-corrected chi connectivity index (χ0v) is 14.1. The van der Waals surface area contributed by atoms with Crippen LogP contribution in [0.2, 0.25) is 0 Å². The summed E-state index contributed by atoms with van der Waals surface area (Å²) in [7, 11) is 0. The van der Waals surface area contributed by atoms with Crippen molar-refractivity contribution in [3.63, 3.8) is 0 Å². The number of hydrogen-bond donors (Lipinski definition) is 3. The molecule has 1 spiro atoms. The van der Waals surface area contributed by atoms with Crippen molar-refractivity contribution < 1.29 is 29.6 Å². The molecule has 25 heavy (non-hydrogen) atoms. The molecule has 6 heteroatoms. The summed E-state index contributed by atoms with van der Waals surface area (Å²) in [5.41, 5.74) is -3.29. The predicted octanol–water partition coefficient (Wildman–Crippen LogP) is 1.03. The Morgan fingerprint density at radius 1 is 1.44 bits per heavy atom. The quantitative estimate of drug-likeness (QED) is 0.484. The van der Waals surface area contributed by atoms with E-state index in [9.17, 15) is 24.9 Å². The topological polar surface area (TPSA) is 104 Å². The summed E-state index contributed by atoms with van der Waals surface area (Å²) in [5.74, 6) is -3.18. The van der Waals surface area contributed by atoms with Crippen LogP contribution in [0.5, 0.6) is 0 Å². The summed E-state index contributed by atoms with van der Waals surface area (Å²) >= 11 is 0. The number of esters is 1. The Morgan fingerprint density at radius 2 is 2.16 bits per heavy atom. The highest BCUT2D eigenvalue weighted by molar-refractivity contribution is 5.86. The Labute approximate surface area is 145 Å². The van der Waals surface area contributed by atoms with Crippen molar-refractivity contribution in [1.29, 1.82) is 0 Å². The number of carboxylic acid groups (broad SMARTS) is 1. The van der Waals surface area contributed by atoms with Gasteiger partial charge in [0.25, 0.3) is 0 Å². The molecule has 0 amide bonds. The summed E-state index contributed by atoms with van der Waals surface area (Å²) in [6, 6.07) is 0. The van der Waals surface area contributed by atoms with E-state index in [1.165, 1.54) is 0 Å². The first-order valence-corrected chi connectivity index (χ1v) is 8.86. The first kappa shape index (κ1) is 15.6. The molecule has 134 valence electrons. The van der Waals surface area contributed by atoms with E-state index in [0.29, 0.717) is 31.3 Å². The van der Waals surface area contributed by atoms with E-state index in [0.717, 1.165) is 0 Å². The van der Waals surface area contributed by atoms with E-state index >= 15 is 0 Å². The standard InChI is InChI=1S/C19H22O6/c1-9-7-17-8-18(9,24)5-3-10(17)19-6-4-11(20)16(2,15(23)25-19)13(19)12(17)14(21)22/h4,6,10-13,20,24H,1,3,5,7-8H2,2H3,(H,21,22)/t10-,11?,12-,13-,16-,17+,18+,19-/m1/s1. The maximum atomic E-state index is 12.7. The van der Waals surface area contributed by atoms with Crippen LogP contribution in [0.3, 0.4) is 0 Å². The Hall–Kier alpha value is -1.66. The number of rotatable bonds is 1. The van der Waals surface area contributed by atoms with Crippen molar-refractivity contribution in [2.75, 3.05) is 0 Å². The highest BCUT2D eigenvalue weighted by atomic mass is 16.6. The lowest BCUT2D eigenvalue weighted by atomic mass is 9.61. The molecule has 5 rings (SSSR count). The molecule has 5 aliphatic rings. The van der Waals surface area contributed by atoms with Gasteiger partial charge in [0.05, 0.1) is 17.6 Å². The lowest BCUT2D eigenvalue weighted by Crippen LogP contribution is -2.50. The Morgan fingerprint density at radius 3 is 2.84 bits per heavy atom. The Kier molecular flexibility index (Phi) is 2.50. The molecule has 4 bridgehead atoms. The van der Waals surface area contributed by atoms with Crippen LogP contribution in [0, 0.1) is 28.6 Å². The lowest BCUT2D eigenvalue weighted by molar-refractivity contribution is -0.163. The van der Waals surface area contributed by atoms with Crippen LogP contribution in [0.15, 0.2) is 24.3 Å². The Balaban J connectivity index is 1.78. The number of carbonyl (C=O) groups is 2. The molecule has 3 N–H and O–H groups in total. The van der Waals surface area contributed by atoms with Crippen molar-refractivity contribution in [1.82, 2.24) is 0 Å². The van der Waals surface area contributed by atoms with Gasteiger partial charge in [-0.3, -0.25) is 9.59 Å². The average molecular weight is 346 g/mol. The van der Waals surface area contributed by atoms with Gasteiger partial charge in [-0.05, 0) is 49.7 Å². The zero-order valence-electron chi connectivity index (χ0n) is 14.1. The van der Waals surface area contributed by atoms with Crippen LogP contribution in [-0.4, -0.2) is 44.6 Å². The minimum atomic E-state index is -1.27. The van der Waals surface area contributed by atoms with Gasteiger partial charge < -0.3 is 20.1 Å². The largest absolute Gasteiger partial charge is 0.481 e. The van der Waals surface area contributed by atoms with Gasteiger partial charge in [-0.25, -0.2) is 0 Å². The molecule has 3 saturated carbocycles. The van der Waals surface area contributed by atoms with E-state index in [4.69, 9.17) is 4.74 Å². The monoisotopic (exact) mass is 346 g/mol. The third kappa shape index (κ3) is 1.36. The maximum Gasteiger partial charge on any atom is 0.316 e. The summed E-state index contributed by atoms with van der Waals surface area (Å²) in [6.07, 6.45) is 4.11. The van der Waals surface area contributed by atoms with Crippen molar-refractivity contribution in [2.45, 2.75) is 49.9 Å². The summed E-state index contributed by atoms with van der Waals surface area (Å²) in [4.78, 5) is 25.1. The summed E-state index contributed by atoms with van der Waals surface area (Å²) in [5, 5.41) is 31.6. The summed E-state index contributed by atoms with van der Waals surface area (Å²) < 4.78 is 5.87. The number of fused-ring (bicyclic) bond motifs is 1. The molecule has 1 unspecified atom stereocenters. The first-order chi connectivity index (χ1) is 11.6. The molecular formula is C19H22O6. The zero-order chi connectivity index (χ0) is 18.0. The van der Waals surface area contributed by atoms with Gasteiger partial charge in [0.2, 0.25) is 0 Å². The fourth-order valence-corrected chi connectivity index (χ4v) is 7.13. The number of aliphatic hydroxyl groups is 2. The molecule has 4 aliphatic carbocycles. The second-order valence-corrected chi connectivity index (χ2v) is 8.94. The Bertz CT molecular complexity index is 772. The molecule has 1 heterocycles. The second kappa shape index (κ2) is 4.01. The number of carbonyl (C=O) groups excluding carboxylic acids is 1. The SMILES string of the molecule is C=C1C[C@]23C[C@@]1(O)CC[C@H]2[C@@]12C=CC(O)[C@@](C)(C(=O)O1)[C@H]2[C@@H]3C(=O)O. The summed E-state index contributed by atoms with van der Waals surface area (Å²) in [6.45, 7) is 5.64. The van der Waals surface area contributed by atoms with Gasteiger partial charge in [-0.1, -0.05) is 12.7 Å². The number of carboxylic acids is 1. The van der Waals surface area contributed by atoms with Crippen molar-refractivity contribution >= 4 is 11.9 Å².